The zero-order valence-electron chi connectivity index (χ0n) is 18.2. The van der Waals surface area contributed by atoms with Crippen LogP contribution < -0.4 is 14.3 Å². The van der Waals surface area contributed by atoms with Crippen LogP contribution in [0.4, 0.5) is 5.69 Å². The van der Waals surface area contributed by atoms with Gasteiger partial charge in [0.1, 0.15) is 5.75 Å². The number of methoxy groups -OCH3 is 1. The molecule has 1 amide bonds. The summed E-state index contributed by atoms with van der Waals surface area (Å²) in [6.45, 7) is 0.133. The molecule has 0 radical (unpaired) electrons. The largest absolute Gasteiger partial charge is 0.497 e. The fourth-order valence-electron chi connectivity index (χ4n) is 3.27. The van der Waals surface area contributed by atoms with E-state index in [0.29, 0.717) is 30.8 Å². The number of amides is 1. The highest BCUT2D eigenvalue weighted by molar-refractivity contribution is 7.92. The van der Waals surface area contributed by atoms with Crippen LogP contribution in [0.25, 0.3) is 10.2 Å². The number of carbonyl (C=O) groups is 1. The number of ether oxygens (including phenoxy) is 1. The normalized spacial score (nSPS) is 11.9. The number of hydrogen-bond donors (Lipinski definition) is 1. The number of carbonyl (C=O) groups excluding carboxylic acids is 1. The van der Waals surface area contributed by atoms with Crippen LogP contribution in [0, 0.1) is 12.3 Å². The molecule has 0 aliphatic carbocycles. The van der Waals surface area contributed by atoms with Crippen molar-refractivity contribution in [2.24, 2.45) is 4.99 Å². The molecule has 0 aliphatic heterocycles. The maximum atomic E-state index is 13.0. The molecule has 0 atom stereocenters. The maximum Gasteiger partial charge on any atom is 0.279 e. The molecule has 3 aromatic carbocycles. The van der Waals surface area contributed by atoms with Gasteiger partial charge in [-0.2, -0.15) is 4.99 Å². The summed E-state index contributed by atoms with van der Waals surface area (Å²) < 4.78 is 35.3. The summed E-state index contributed by atoms with van der Waals surface area (Å²) in [4.78, 5) is 17.6. The van der Waals surface area contributed by atoms with Crippen LogP contribution in [-0.2, 0) is 16.6 Å². The van der Waals surface area contributed by atoms with Gasteiger partial charge in [0.2, 0.25) is 0 Å². The zero-order valence-corrected chi connectivity index (χ0v) is 21.3. The molecule has 0 saturated heterocycles. The fraction of sp³-hybridized carbons (Fsp3) is 0.0833. The number of nitrogens with one attached hydrogen (secondary N) is 1. The number of sulfonamides is 1. The molecule has 0 saturated carbocycles. The molecule has 4 aromatic rings. The first-order valence-electron chi connectivity index (χ1n) is 10.0. The lowest BCUT2D eigenvalue weighted by Gasteiger charge is -2.09. The number of nitrogens with zero attached hydrogens (tertiary/aromatic N) is 2. The van der Waals surface area contributed by atoms with Crippen molar-refractivity contribution in [2.75, 3.05) is 11.8 Å². The Bertz CT molecular complexity index is 1650. The van der Waals surface area contributed by atoms with Gasteiger partial charge in [-0.05, 0) is 54.6 Å². The Labute approximate surface area is 215 Å². The molecule has 0 fully saturated rings. The lowest BCUT2D eigenvalue weighted by molar-refractivity contribution is 0.0998. The van der Waals surface area contributed by atoms with Crippen molar-refractivity contribution in [2.45, 2.75) is 11.4 Å². The third kappa shape index (κ3) is 5.21. The second-order valence-electron chi connectivity index (χ2n) is 7.16. The Morgan fingerprint density at radius 2 is 1.86 bits per heavy atom. The molecule has 0 bridgehead atoms. The van der Waals surface area contributed by atoms with Crippen LogP contribution in [-0.4, -0.2) is 26.0 Å². The Morgan fingerprint density at radius 1 is 1.14 bits per heavy atom. The van der Waals surface area contributed by atoms with Crippen molar-refractivity contribution in [3.63, 3.8) is 0 Å². The first kappa shape index (κ1) is 24.8. The SMILES string of the molecule is C#CCn1c(=NC(=O)c2cccc(NS(=O)(=O)c3ccc(OC)cc3)c2)sc2c(Cl)ccc(Cl)c21. The molecule has 4 rings (SSSR count). The molecule has 0 unspecified atom stereocenters. The summed E-state index contributed by atoms with van der Waals surface area (Å²) >= 11 is 13.8. The van der Waals surface area contributed by atoms with Crippen molar-refractivity contribution >= 4 is 66.4 Å². The van der Waals surface area contributed by atoms with Crippen molar-refractivity contribution in [3.05, 3.63) is 81.1 Å². The Hall–Kier alpha value is -3.29. The molecule has 35 heavy (non-hydrogen) atoms. The number of rotatable bonds is 6. The number of benzene rings is 3. The molecule has 0 spiro atoms. The molecule has 0 aliphatic rings. The lowest BCUT2D eigenvalue weighted by atomic mass is 10.2. The van der Waals surface area contributed by atoms with E-state index in [4.69, 9.17) is 34.4 Å². The Morgan fingerprint density at radius 3 is 2.54 bits per heavy atom. The predicted molar refractivity (Wildman–Crippen MR) is 139 cm³/mol. The van der Waals surface area contributed by atoms with Crippen molar-refractivity contribution in [3.8, 4) is 18.1 Å². The van der Waals surface area contributed by atoms with E-state index in [-0.39, 0.29) is 22.7 Å². The standard InChI is InChI=1S/C24H17Cl2N3O4S2/c1-3-13-29-21-19(25)11-12-20(26)22(21)34-24(29)27-23(30)15-5-4-6-16(14-15)28-35(31,32)18-9-7-17(33-2)8-10-18/h1,4-12,14,28H,13H2,2H3. The predicted octanol–water partition coefficient (Wildman–Crippen LogP) is 5.19. The van der Waals surface area contributed by atoms with Gasteiger partial charge in [0.05, 0.1) is 38.8 Å². The summed E-state index contributed by atoms with van der Waals surface area (Å²) in [7, 11) is -2.39. The van der Waals surface area contributed by atoms with Gasteiger partial charge in [0.25, 0.3) is 15.9 Å². The van der Waals surface area contributed by atoms with Gasteiger partial charge in [0, 0.05) is 11.3 Å². The van der Waals surface area contributed by atoms with E-state index in [0.717, 1.165) is 0 Å². The van der Waals surface area contributed by atoms with Crippen LogP contribution in [0.3, 0.4) is 0 Å². The number of terminal acetylenes is 1. The first-order valence-corrected chi connectivity index (χ1v) is 13.1. The molecule has 7 nitrogen and oxygen atoms in total. The molecular formula is C24H17Cl2N3O4S2. The second-order valence-corrected chi connectivity index (χ2v) is 10.6. The molecule has 1 aromatic heterocycles. The van der Waals surface area contributed by atoms with Crippen LogP contribution in [0.5, 0.6) is 5.75 Å². The van der Waals surface area contributed by atoms with Gasteiger partial charge >= 0.3 is 0 Å². The number of fused-ring (bicyclic) bond motifs is 1. The molecule has 11 heteroatoms. The van der Waals surface area contributed by atoms with E-state index < -0.39 is 15.9 Å². The van der Waals surface area contributed by atoms with Crippen molar-refractivity contribution in [1.82, 2.24) is 4.57 Å². The Balaban J connectivity index is 1.69. The van der Waals surface area contributed by atoms with E-state index in [2.05, 4.69) is 15.6 Å². The molecule has 178 valence electrons. The third-order valence-electron chi connectivity index (χ3n) is 4.91. The van der Waals surface area contributed by atoms with Gasteiger partial charge in [0.15, 0.2) is 4.80 Å². The zero-order chi connectivity index (χ0) is 25.2. The maximum absolute atomic E-state index is 13.0. The van der Waals surface area contributed by atoms with Gasteiger partial charge in [-0.25, -0.2) is 8.42 Å². The fourth-order valence-corrected chi connectivity index (χ4v) is 5.96. The minimum absolute atomic E-state index is 0.0501. The van der Waals surface area contributed by atoms with Gasteiger partial charge in [-0.15, -0.1) is 6.42 Å². The van der Waals surface area contributed by atoms with Gasteiger partial charge in [-0.3, -0.25) is 9.52 Å². The summed E-state index contributed by atoms with van der Waals surface area (Å²) in [6, 6.07) is 15.3. The lowest BCUT2D eigenvalue weighted by Crippen LogP contribution is -2.17. The molecule has 1 N–H and O–H groups in total. The minimum atomic E-state index is -3.88. The van der Waals surface area contributed by atoms with E-state index >= 15 is 0 Å². The summed E-state index contributed by atoms with van der Waals surface area (Å²) in [5.41, 5.74) is 0.984. The third-order valence-corrected chi connectivity index (χ3v) is 8.15. The van der Waals surface area contributed by atoms with E-state index in [1.165, 1.54) is 48.8 Å². The summed E-state index contributed by atoms with van der Waals surface area (Å²) in [6.07, 6.45) is 5.51. The van der Waals surface area contributed by atoms with Crippen molar-refractivity contribution < 1.29 is 17.9 Å². The van der Waals surface area contributed by atoms with E-state index in [1.807, 2.05) is 0 Å². The van der Waals surface area contributed by atoms with Crippen molar-refractivity contribution in [1.29, 1.82) is 0 Å². The minimum Gasteiger partial charge on any atom is -0.497 e. The topological polar surface area (TPSA) is 89.8 Å². The second kappa shape index (κ2) is 10.1. The van der Waals surface area contributed by atoms with Crippen LogP contribution in [0.15, 0.2) is 70.6 Å². The average molecular weight is 546 g/mol. The monoisotopic (exact) mass is 545 g/mol. The van der Waals surface area contributed by atoms with E-state index in [1.54, 1.807) is 34.9 Å². The first-order chi connectivity index (χ1) is 16.7. The quantitative estimate of drug-likeness (QED) is 0.337. The Kier molecular flexibility index (Phi) is 7.19. The van der Waals surface area contributed by atoms with E-state index in [9.17, 15) is 13.2 Å². The smallest absolute Gasteiger partial charge is 0.279 e. The number of aromatic nitrogens is 1. The van der Waals surface area contributed by atoms with Gasteiger partial charge < -0.3 is 9.30 Å². The van der Waals surface area contributed by atoms with Gasteiger partial charge in [-0.1, -0.05) is 46.5 Å². The number of hydrogen-bond acceptors (Lipinski definition) is 5. The summed E-state index contributed by atoms with van der Waals surface area (Å²) in [5, 5.41) is 0.892. The molecular weight excluding hydrogens is 529 g/mol. The average Bonchev–Trinajstić information content (AvgIpc) is 3.20. The number of halogens is 2. The highest BCUT2D eigenvalue weighted by Gasteiger charge is 2.17. The number of thiazole rings is 1. The highest BCUT2D eigenvalue weighted by atomic mass is 35.5. The van der Waals surface area contributed by atoms with Crippen LogP contribution >= 0.6 is 34.5 Å². The molecule has 1 heterocycles. The number of anilines is 1. The summed E-state index contributed by atoms with van der Waals surface area (Å²) in [5.74, 6) is 2.48. The van der Waals surface area contributed by atoms with Crippen LogP contribution in [0.2, 0.25) is 10.0 Å². The van der Waals surface area contributed by atoms with Crippen LogP contribution in [0.1, 0.15) is 10.4 Å². The highest BCUT2D eigenvalue weighted by Crippen LogP contribution is 2.32.